The zero-order chi connectivity index (χ0) is 25.0. The van der Waals surface area contributed by atoms with E-state index in [2.05, 4.69) is 31.2 Å². The quantitative estimate of drug-likeness (QED) is 0.212. The van der Waals surface area contributed by atoms with Crippen LogP contribution in [0, 0.1) is 13.0 Å². The molecule has 6 rings (SSSR count). The van der Waals surface area contributed by atoms with Gasteiger partial charge >= 0.3 is 19.8 Å². The van der Waals surface area contributed by atoms with Gasteiger partial charge in [0.2, 0.25) is 0 Å². The molecule has 6 aromatic rings. The van der Waals surface area contributed by atoms with Gasteiger partial charge in [-0.15, -0.1) is 29.8 Å². The van der Waals surface area contributed by atoms with Gasteiger partial charge in [-0.05, 0) is 55.1 Å². The molecule has 0 aliphatic rings. The Bertz CT molecular complexity index is 1330. The summed E-state index contributed by atoms with van der Waals surface area (Å²) < 4.78 is 3.44. The smallest absolute Gasteiger partial charge is 0.414 e. The summed E-state index contributed by atoms with van der Waals surface area (Å²) in [7, 11) is 0. The Morgan fingerprint density at radius 2 is 1.30 bits per heavy atom. The standard InChI is InChI=1S/C12H11N2.2C8H7N3.Os/c1-9-5-6-14-12(7-9)10-3-2-4-11(13)8-10;2*1-2-5-9-8(4-1)11-7-3-6-10-11;/h2,4-8H,13H2,1H3;2*1-7H;/q-1;;;+1. The van der Waals surface area contributed by atoms with Crippen molar-refractivity contribution in [1.29, 1.82) is 0 Å². The van der Waals surface area contributed by atoms with E-state index in [1.54, 1.807) is 40.3 Å². The maximum atomic E-state index is 5.69. The molecule has 9 heteroatoms. The molecule has 0 saturated carbocycles. The Kier molecular flexibility index (Phi) is 10.4. The van der Waals surface area contributed by atoms with Crippen molar-refractivity contribution in [3.05, 3.63) is 134 Å². The molecule has 2 N–H and O–H groups in total. The number of nitrogens with two attached hydrogens (primary N) is 1. The zero-order valence-corrected chi connectivity index (χ0v) is 22.6. The second kappa shape index (κ2) is 14.2. The second-order valence-corrected chi connectivity index (χ2v) is 7.53. The van der Waals surface area contributed by atoms with Gasteiger partial charge in [-0.2, -0.15) is 10.2 Å². The Labute approximate surface area is 228 Å². The van der Waals surface area contributed by atoms with Crippen molar-refractivity contribution >= 4 is 5.69 Å². The Balaban J connectivity index is 0.000000154. The SMILES string of the molecule is Cc1ccnc(-c2[c-]ccc(N)c2)c1.[Os+].c1ccc(-n2cccn2)nc1.c1ccc(-n2cccn2)nc1. The van der Waals surface area contributed by atoms with Crippen LogP contribution in [-0.2, 0) is 19.8 Å². The zero-order valence-electron chi connectivity index (χ0n) is 20.1. The number of aryl methyl sites for hydroxylation is 1. The molecular weight excluding hydrogens is 639 g/mol. The van der Waals surface area contributed by atoms with Gasteiger partial charge in [0.1, 0.15) is 0 Å². The van der Waals surface area contributed by atoms with Crippen LogP contribution in [0.4, 0.5) is 5.69 Å². The summed E-state index contributed by atoms with van der Waals surface area (Å²) in [5, 5.41) is 8.08. The number of nitrogens with zero attached hydrogens (tertiary/aromatic N) is 7. The first-order valence-electron chi connectivity index (χ1n) is 11.2. The Morgan fingerprint density at radius 3 is 1.76 bits per heavy atom. The van der Waals surface area contributed by atoms with Gasteiger partial charge in [0, 0.05) is 43.4 Å². The number of hydrogen-bond donors (Lipinski definition) is 1. The van der Waals surface area contributed by atoms with Crippen LogP contribution in [0.2, 0.25) is 0 Å². The molecule has 5 heterocycles. The monoisotopic (exact) mass is 665 g/mol. The van der Waals surface area contributed by atoms with E-state index >= 15 is 0 Å². The fourth-order valence-electron chi connectivity index (χ4n) is 3.10. The van der Waals surface area contributed by atoms with E-state index in [1.165, 1.54) is 5.56 Å². The third-order valence-electron chi connectivity index (χ3n) is 4.79. The van der Waals surface area contributed by atoms with E-state index in [1.807, 2.05) is 98.2 Å². The minimum Gasteiger partial charge on any atom is -0.414 e. The number of pyridine rings is 3. The van der Waals surface area contributed by atoms with Gasteiger partial charge < -0.3 is 10.7 Å². The van der Waals surface area contributed by atoms with Crippen LogP contribution in [0.3, 0.4) is 0 Å². The number of hydrogen-bond acceptors (Lipinski definition) is 6. The summed E-state index contributed by atoms with van der Waals surface area (Å²) in [5.41, 5.74) is 9.46. The third kappa shape index (κ3) is 8.31. The van der Waals surface area contributed by atoms with Crippen LogP contribution >= 0.6 is 0 Å². The third-order valence-corrected chi connectivity index (χ3v) is 4.79. The molecule has 0 atom stereocenters. The average Bonchev–Trinajstić information content (AvgIpc) is 3.66. The van der Waals surface area contributed by atoms with Gasteiger partial charge in [-0.1, -0.05) is 29.4 Å². The maximum absolute atomic E-state index is 5.69. The molecule has 0 saturated heterocycles. The van der Waals surface area contributed by atoms with Crippen molar-refractivity contribution in [2.75, 3.05) is 5.73 Å². The number of rotatable bonds is 3. The molecule has 185 valence electrons. The second-order valence-electron chi connectivity index (χ2n) is 7.53. The van der Waals surface area contributed by atoms with Crippen molar-refractivity contribution in [1.82, 2.24) is 34.5 Å². The predicted molar refractivity (Wildman–Crippen MR) is 140 cm³/mol. The maximum Gasteiger partial charge on any atom is 1.00 e. The molecule has 0 fully saturated rings. The summed E-state index contributed by atoms with van der Waals surface area (Å²) in [5.74, 6) is 1.69. The molecule has 0 unspecified atom stereocenters. The van der Waals surface area contributed by atoms with Gasteiger partial charge in [0.15, 0.2) is 11.6 Å². The van der Waals surface area contributed by atoms with E-state index in [9.17, 15) is 0 Å². The molecule has 0 aliphatic heterocycles. The molecule has 0 bridgehead atoms. The van der Waals surface area contributed by atoms with Crippen molar-refractivity contribution in [3.8, 4) is 22.9 Å². The number of anilines is 1. The van der Waals surface area contributed by atoms with Crippen molar-refractivity contribution in [2.45, 2.75) is 6.92 Å². The first-order chi connectivity index (χ1) is 17.7. The van der Waals surface area contributed by atoms with Gasteiger partial charge in [-0.3, -0.25) is 0 Å². The summed E-state index contributed by atoms with van der Waals surface area (Å²) in [6, 6.07) is 27.8. The van der Waals surface area contributed by atoms with E-state index in [0.717, 1.165) is 28.6 Å². The minimum atomic E-state index is 0. The summed E-state index contributed by atoms with van der Waals surface area (Å²) in [6.45, 7) is 2.04. The van der Waals surface area contributed by atoms with Crippen molar-refractivity contribution in [2.24, 2.45) is 0 Å². The molecule has 1 radical (unpaired) electrons. The Morgan fingerprint density at radius 1 is 0.676 bits per heavy atom. The largest absolute Gasteiger partial charge is 1.00 e. The average molecular weight is 664 g/mol. The predicted octanol–water partition coefficient (Wildman–Crippen LogP) is 4.97. The van der Waals surface area contributed by atoms with Crippen LogP contribution in [0.1, 0.15) is 5.56 Å². The molecular formula is C28H25N8Os. The fraction of sp³-hybridized carbons (Fsp3) is 0.0357. The molecule has 0 amide bonds. The molecule has 0 aliphatic carbocycles. The van der Waals surface area contributed by atoms with Gasteiger partial charge in [0.05, 0.1) is 0 Å². The molecule has 5 aromatic heterocycles. The minimum absolute atomic E-state index is 0. The molecule has 37 heavy (non-hydrogen) atoms. The first kappa shape index (κ1) is 27.1. The van der Waals surface area contributed by atoms with Gasteiger partial charge in [-0.25, -0.2) is 19.3 Å². The van der Waals surface area contributed by atoms with Crippen LogP contribution in [0.15, 0.2) is 122 Å². The fourth-order valence-corrected chi connectivity index (χ4v) is 3.10. The number of aromatic nitrogens is 7. The molecule has 1 aromatic carbocycles. The van der Waals surface area contributed by atoms with Crippen molar-refractivity contribution < 1.29 is 19.8 Å². The molecule has 8 nitrogen and oxygen atoms in total. The first-order valence-corrected chi connectivity index (χ1v) is 11.2. The number of benzene rings is 1. The van der Waals surface area contributed by atoms with E-state index in [0.29, 0.717) is 0 Å². The summed E-state index contributed by atoms with van der Waals surface area (Å²) in [6.07, 6.45) is 12.5. The van der Waals surface area contributed by atoms with Crippen LogP contribution in [0.25, 0.3) is 22.9 Å². The Hall–Kier alpha value is -4.47. The van der Waals surface area contributed by atoms with Gasteiger partial charge in [0.25, 0.3) is 0 Å². The van der Waals surface area contributed by atoms with Crippen LogP contribution in [-0.4, -0.2) is 34.5 Å². The number of nitrogen functional groups attached to an aromatic ring is 1. The summed E-state index contributed by atoms with van der Waals surface area (Å²) >= 11 is 0. The molecule has 0 spiro atoms. The van der Waals surface area contributed by atoms with E-state index in [4.69, 9.17) is 5.73 Å². The van der Waals surface area contributed by atoms with E-state index < -0.39 is 0 Å². The summed E-state index contributed by atoms with van der Waals surface area (Å²) in [4.78, 5) is 12.5. The topological polar surface area (TPSA) is 100 Å². The normalized spacial score (nSPS) is 9.65. The van der Waals surface area contributed by atoms with Crippen LogP contribution < -0.4 is 5.73 Å². The van der Waals surface area contributed by atoms with Crippen LogP contribution in [0.5, 0.6) is 0 Å². The van der Waals surface area contributed by atoms with Crippen molar-refractivity contribution in [3.63, 3.8) is 0 Å². The van der Waals surface area contributed by atoms with E-state index in [-0.39, 0.29) is 19.8 Å².